The normalized spacial score (nSPS) is 15.3. The Balaban J connectivity index is 1.44. The zero-order chi connectivity index (χ0) is 22.3. The van der Waals surface area contributed by atoms with E-state index < -0.39 is 15.9 Å². The number of halogens is 1. The van der Waals surface area contributed by atoms with E-state index in [0.717, 1.165) is 19.3 Å². The van der Waals surface area contributed by atoms with E-state index in [1.54, 1.807) is 22.7 Å². The van der Waals surface area contributed by atoms with E-state index in [4.69, 9.17) is 4.42 Å². The number of nitrogens with zero attached hydrogens (tertiary/aromatic N) is 3. The van der Waals surface area contributed by atoms with E-state index in [9.17, 15) is 17.6 Å². The van der Waals surface area contributed by atoms with E-state index in [1.807, 2.05) is 5.38 Å². The molecule has 32 heavy (non-hydrogen) atoms. The minimum absolute atomic E-state index is 0.129. The van der Waals surface area contributed by atoms with Crippen molar-refractivity contribution in [2.75, 3.05) is 18.4 Å². The molecule has 0 bridgehead atoms. The molecule has 0 unspecified atom stereocenters. The van der Waals surface area contributed by atoms with Crippen LogP contribution in [0.1, 0.15) is 29.8 Å². The number of hydrogen-bond acceptors (Lipinski definition) is 6. The number of carbonyl (C=O) groups is 1. The molecule has 1 aliphatic rings. The first-order valence-electron chi connectivity index (χ1n) is 10.1. The smallest absolute Gasteiger partial charge is 0.292 e. The minimum atomic E-state index is -3.78. The number of benzene rings is 1. The number of hydrogen-bond donors (Lipinski definition) is 1. The predicted octanol–water partition coefficient (Wildman–Crippen LogP) is 4.22. The van der Waals surface area contributed by atoms with Gasteiger partial charge in [0.25, 0.3) is 15.9 Å². The molecule has 1 aromatic carbocycles. The van der Waals surface area contributed by atoms with Gasteiger partial charge in [-0.3, -0.25) is 9.20 Å². The Morgan fingerprint density at radius 3 is 2.59 bits per heavy atom. The highest BCUT2D eigenvalue weighted by atomic mass is 32.2. The lowest BCUT2D eigenvalue weighted by Crippen LogP contribution is -2.35. The first-order valence-corrected chi connectivity index (χ1v) is 12.4. The van der Waals surface area contributed by atoms with Gasteiger partial charge in [-0.05, 0) is 49.2 Å². The van der Waals surface area contributed by atoms with E-state index in [-0.39, 0.29) is 16.7 Å². The van der Waals surface area contributed by atoms with Crippen molar-refractivity contribution in [2.24, 2.45) is 0 Å². The maximum Gasteiger partial charge on any atom is 0.292 e. The highest BCUT2D eigenvalue weighted by Crippen LogP contribution is 2.31. The number of amides is 1. The Kier molecular flexibility index (Phi) is 5.31. The number of piperidine rings is 1. The number of imidazole rings is 1. The molecule has 3 aromatic heterocycles. The molecule has 4 heterocycles. The van der Waals surface area contributed by atoms with Crippen molar-refractivity contribution in [2.45, 2.75) is 24.4 Å². The fraction of sp³-hybridized carbons (Fsp3) is 0.238. The van der Waals surface area contributed by atoms with Crippen LogP contribution in [0.25, 0.3) is 16.2 Å². The molecule has 1 aliphatic heterocycles. The molecule has 1 amide bonds. The molecule has 4 aromatic rings. The molecule has 0 spiro atoms. The lowest BCUT2D eigenvalue weighted by molar-refractivity contribution is 0.0991. The Labute approximate surface area is 187 Å². The predicted molar refractivity (Wildman–Crippen MR) is 118 cm³/mol. The van der Waals surface area contributed by atoms with E-state index in [0.29, 0.717) is 35.1 Å². The average Bonchev–Trinajstić information content (AvgIpc) is 3.53. The number of rotatable bonds is 5. The van der Waals surface area contributed by atoms with Crippen molar-refractivity contribution in [1.29, 1.82) is 0 Å². The maximum absolute atomic E-state index is 13.4. The molecular weight excluding hydrogens is 455 g/mol. The number of aromatic nitrogens is 2. The third-order valence-corrected chi connectivity index (χ3v) is 7.86. The summed E-state index contributed by atoms with van der Waals surface area (Å²) < 4.78 is 47.5. The summed E-state index contributed by atoms with van der Waals surface area (Å²) in [6.07, 6.45) is 4.36. The number of furan rings is 1. The van der Waals surface area contributed by atoms with Crippen LogP contribution < -0.4 is 5.32 Å². The summed E-state index contributed by atoms with van der Waals surface area (Å²) >= 11 is 1.38. The summed E-state index contributed by atoms with van der Waals surface area (Å²) in [7, 11) is -3.78. The van der Waals surface area contributed by atoms with Gasteiger partial charge in [0, 0.05) is 30.2 Å². The number of thiazole rings is 1. The van der Waals surface area contributed by atoms with Gasteiger partial charge in [0.2, 0.25) is 5.09 Å². The average molecular weight is 475 g/mol. The number of nitrogens with one attached hydrogen (secondary N) is 1. The van der Waals surface area contributed by atoms with Crippen LogP contribution in [0, 0.1) is 5.82 Å². The maximum atomic E-state index is 13.4. The highest BCUT2D eigenvalue weighted by Gasteiger charge is 2.30. The van der Waals surface area contributed by atoms with Gasteiger partial charge in [-0.2, -0.15) is 4.31 Å². The highest BCUT2D eigenvalue weighted by molar-refractivity contribution is 7.89. The Hall–Kier alpha value is -3.02. The van der Waals surface area contributed by atoms with E-state index >= 15 is 0 Å². The Morgan fingerprint density at radius 1 is 1.09 bits per heavy atom. The van der Waals surface area contributed by atoms with Crippen LogP contribution in [-0.2, 0) is 10.0 Å². The third kappa shape index (κ3) is 3.72. The fourth-order valence-electron chi connectivity index (χ4n) is 3.70. The SMILES string of the molecule is O=C(Nc1c(-c2ccc(F)cc2)nc2sccn12)c1ccc(S(=O)(=O)N2CCCCC2)o1. The third-order valence-electron chi connectivity index (χ3n) is 5.33. The molecule has 0 atom stereocenters. The monoisotopic (exact) mass is 474 g/mol. The van der Waals surface area contributed by atoms with Crippen LogP contribution in [0.3, 0.4) is 0 Å². The zero-order valence-corrected chi connectivity index (χ0v) is 18.5. The van der Waals surface area contributed by atoms with Crippen molar-refractivity contribution < 1.29 is 22.0 Å². The molecule has 166 valence electrons. The molecular formula is C21H19FN4O4S2. The molecule has 11 heteroatoms. The number of anilines is 1. The second-order valence-corrected chi connectivity index (χ2v) is 10.2. The lowest BCUT2D eigenvalue weighted by atomic mass is 10.1. The molecule has 0 radical (unpaired) electrons. The van der Waals surface area contributed by atoms with E-state index in [2.05, 4.69) is 10.3 Å². The number of sulfonamides is 1. The summed E-state index contributed by atoms with van der Waals surface area (Å²) in [6, 6.07) is 8.43. The molecule has 1 saturated heterocycles. The second-order valence-electron chi connectivity index (χ2n) is 7.41. The Bertz CT molecular complexity index is 1380. The van der Waals surface area contributed by atoms with Crippen LogP contribution in [-0.4, -0.2) is 41.1 Å². The minimum Gasteiger partial charge on any atom is -0.438 e. The molecule has 1 N–H and O–H groups in total. The second kappa shape index (κ2) is 8.15. The quantitative estimate of drug-likeness (QED) is 0.467. The van der Waals surface area contributed by atoms with Crippen molar-refractivity contribution in [3.63, 3.8) is 0 Å². The first-order chi connectivity index (χ1) is 15.4. The lowest BCUT2D eigenvalue weighted by Gasteiger charge is -2.24. The van der Waals surface area contributed by atoms with Gasteiger partial charge in [0.15, 0.2) is 10.7 Å². The summed E-state index contributed by atoms with van der Waals surface area (Å²) in [6.45, 7) is 0.884. The van der Waals surface area contributed by atoms with Crippen molar-refractivity contribution in [3.05, 3.63) is 59.6 Å². The first kappa shape index (κ1) is 20.9. The molecule has 5 rings (SSSR count). The van der Waals surface area contributed by atoms with Gasteiger partial charge in [-0.25, -0.2) is 17.8 Å². The standard InChI is InChI=1S/C21H19FN4O4S2/c22-15-6-4-14(5-7-15)18-19(26-12-13-31-21(26)23-18)24-20(27)16-8-9-17(30-16)32(28,29)25-10-2-1-3-11-25/h4-9,12-13H,1-3,10-11H2,(H,24,27). The van der Waals surface area contributed by atoms with Gasteiger partial charge in [-0.15, -0.1) is 11.3 Å². The van der Waals surface area contributed by atoms with Gasteiger partial charge in [0.05, 0.1) is 0 Å². The van der Waals surface area contributed by atoms with Crippen LogP contribution in [0.5, 0.6) is 0 Å². The number of fused-ring (bicyclic) bond motifs is 1. The Morgan fingerprint density at radius 2 is 1.84 bits per heavy atom. The van der Waals surface area contributed by atoms with Crippen LogP contribution in [0.15, 0.2) is 57.5 Å². The van der Waals surface area contributed by atoms with Gasteiger partial charge in [0.1, 0.15) is 17.3 Å². The van der Waals surface area contributed by atoms with E-state index in [1.165, 1.54) is 39.9 Å². The van der Waals surface area contributed by atoms with Crippen LogP contribution in [0.2, 0.25) is 0 Å². The van der Waals surface area contributed by atoms with Crippen molar-refractivity contribution in [1.82, 2.24) is 13.7 Å². The molecule has 8 nitrogen and oxygen atoms in total. The zero-order valence-electron chi connectivity index (χ0n) is 16.8. The van der Waals surface area contributed by atoms with Crippen LogP contribution in [0.4, 0.5) is 10.2 Å². The summed E-state index contributed by atoms with van der Waals surface area (Å²) in [5, 5.41) is 4.34. The summed E-state index contributed by atoms with van der Waals surface area (Å²) in [5.74, 6) is -0.731. The van der Waals surface area contributed by atoms with Gasteiger partial charge < -0.3 is 9.73 Å². The van der Waals surface area contributed by atoms with Crippen molar-refractivity contribution in [3.8, 4) is 11.3 Å². The summed E-state index contributed by atoms with van der Waals surface area (Å²) in [5.41, 5.74) is 1.10. The largest absolute Gasteiger partial charge is 0.438 e. The topological polar surface area (TPSA) is 96.9 Å². The van der Waals surface area contributed by atoms with Gasteiger partial charge >= 0.3 is 0 Å². The number of carbonyl (C=O) groups excluding carboxylic acids is 1. The van der Waals surface area contributed by atoms with Crippen LogP contribution >= 0.6 is 11.3 Å². The molecule has 0 saturated carbocycles. The van der Waals surface area contributed by atoms with Crippen molar-refractivity contribution >= 4 is 38.0 Å². The van der Waals surface area contributed by atoms with Gasteiger partial charge in [-0.1, -0.05) is 6.42 Å². The molecule has 1 fully saturated rings. The summed E-state index contributed by atoms with van der Waals surface area (Å²) in [4.78, 5) is 18.1. The fourth-order valence-corrected chi connectivity index (χ4v) is 5.84. The molecule has 0 aliphatic carbocycles.